The summed E-state index contributed by atoms with van der Waals surface area (Å²) in [4.78, 5) is 27.4. The van der Waals surface area contributed by atoms with Crippen molar-refractivity contribution in [2.24, 2.45) is 0 Å². The summed E-state index contributed by atoms with van der Waals surface area (Å²) in [5, 5.41) is 4.58. The molecule has 0 N–H and O–H groups in total. The number of benzene rings is 2. The molecule has 0 fully saturated rings. The average Bonchev–Trinajstić information content (AvgIpc) is 3.20. The molecular formula is C25H27N3O4. The van der Waals surface area contributed by atoms with E-state index in [1.807, 2.05) is 61.5 Å². The van der Waals surface area contributed by atoms with Crippen molar-refractivity contribution in [3.8, 4) is 11.4 Å². The molecule has 7 nitrogen and oxygen atoms in total. The molecule has 7 heteroatoms. The fourth-order valence-corrected chi connectivity index (χ4v) is 3.93. The fraction of sp³-hybridized carbons (Fsp3) is 0.320. The maximum atomic E-state index is 13.0. The molecule has 0 spiro atoms. The molecule has 4 rings (SSSR count). The minimum atomic E-state index is -0.459. The molecule has 166 valence electrons. The van der Waals surface area contributed by atoms with Crippen molar-refractivity contribution >= 4 is 11.9 Å². The van der Waals surface area contributed by atoms with E-state index < -0.39 is 5.97 Å². The SMILES string of the molecule is CCOC(=O)c1nn(-c2ccccc2)c2c1CN(C(=O)Cc1ccc(OCC)cc1)CC2. The van der Waals surface area contributed by atoms with Gasteiger partial charge in [0.1, 0.15) is 5.75 Å². The number of rotatable bonds is 7. The lowest BCUT2D eigenvalue weighted by molar-refractivity contribution is -0.131. The standard InChI is InChI=1S/C25H27N3O4/c1-3-31-20-12-10-18(11-13-20)16-23(29)27-15-14-22-21(17-27)24(25(30)32-4-2)26-28(22)19-8-6-5-7-9-19/h5-13H,3-4,14-17H2,1-2H3. The number of hydrogen-bond donors (Lipinski definition) is 0. The molecule has 32 heavy (non-hydrogen) atoms. The zero-order valence-corrected chi connectivity index (χ0v) is 18.4. The summed E-state index contributed by atoms with van der Waals surface area (Å²) >= 11 is 0. The van der Waals surface area contributed by atoms with Gasteiger partial charge >= 0.3 is 5.97 Å². The lowest BCUT2D eigenvalue weighted by atomic mass is 10.0. The highest BCUT2D eigenvalue weighted by atomic mass is 16.5. The van der Waals surface area contributed by atoms with Crippen LogP contribution in [0.2, 0.25) is 0 Å². The number of nitrogens with zero attached hydrogens (tertiary/aromatic N) is 3. The molecule has 1 aromatic heterocycles. The quantitative estimate of drug-likeness (QED) is 0.533. The summed E-state index contributed by atoms with van der Waals surface area (Å²) < 4.78 is 12.5. The van der Waals surface area contributed by atoms with Gasteiger partial charge in [0, 0.05) is 25.1 Å². The van der Waals surface area contributed by atoms with Crippen LogP contribution in [0.3, 0.4) is 0 Å². The second kappa shape index (κ2) is 9.68. The Bertz CT molecular complexity index is 1090. The number of carbonyl (C=O) groups is 2. The molecular weight excluding hydrogens is 406 g/mol. The van der Waals surface area contributed by atoms with E-state index in [2.05, 4.69) is 5.10 Å². The zero-order chi connectivity index (χ0) is 22.5. The summed E-state index contributed by atoms with van der Waals surface area (Å²) in [5.41, 5.74) is 3.80. The maximum Gasteiger partial charge on any atom is 0.359 e. The van der Waals surface area contributed by atoms with Crippen molar-refractivity contribution in [2.45, 2.75) is 33.2 Å². The van der Waals surface area contributed by atoms with Gasteiger partial charge in [-0.05, 0) is 43.7 Å². The van der Waals surface area contributed by atoms with Gasteiger partial charge in [0.2, 0.25) is 5.91 Å². The number of ether oxygens (including phenoxy) is 2. The van der Waals surface area contributed by atoms with Crippen molar-refractivity contribution in [1.29, 1.82) is 0 Å². The minimum Gasteiger partial charge on any atom is -0.494 e. The van der Waals surface area contributed by atoms with Crippen LogP contribution in [0, 0.1) is 0 Å². The van der Waals surface area contributed by atoms with E-state index >= 15 is 0 Å². The Morgan fingerprint density at radius 2 is 1.75 bits per heavy atom. The normalized spacial score (nSPS) is 12.9. The lowest BCUT2D eigenvalue weighted by Crippen LogP contribution is -2.37. The summed E-state index contributed by atoms with van der Waals surface area (Å²) in [6.07, 6.45) is 0.912. The highest BCUT2D eigenvalue weighted by molar-refractivity contribution is 5.90. The minimum absolute atomic E-state index is 0.0158. The Kier molecular flexibility index (Phi) is 6.54. The van der Waals surface area contributed by atoms with E-state index in [4.69, 9.17) is 9.47 Å². The van der Waals surface area contributed by atoms with Gasteiger partial charge in [0.05, 0.1) is 31.0 Å². The van der Waals surface area contributed by atoms with Gasteiger partial charge in [-0.2, -0.15) is 5.10 Å². The number of para-hydroxylation sites is 1. The molecule has 2 heterocycles. The van der Waals surface area contributed by atoms with Crippen LogP contribution in [0.5, 0.6) is 5.75 Å². The van der Waals surface area contributed by atoms with Crippen molar-refractivity contribution in [1.82, 2.24) is 14.7 Å². The van der Waals surface area contributed by atoms with E-state index in [-0.39, 0.29) is 18.2 Å². The lowest BCUT2D eigenvalue weighted by Gasteiger charge is -2.28. The first-order chi connectivity index (χ1) is 15.6. The van der Waals surface area contributed by atoms with Gasteiger partial charge in [0.25, 0.3) is 0 Å². The first kappa shape index (κ1) is 21.6. The number of hydrogen-bond acceptors (Lipinski definition) is 5. The van der Waals surface area contributed by atoms with Gasteiger partial charge in [0.15, 0.2) is 5.69 Å². The van der Waals surface area contributed by atoms with Crippen LogP contribution in [-0.4, -0.2) is 46.3 Å². The molecule has 1 aliphatic heterocycles. The number of amides is 1. The molecule has 0 atom stereocenters. The summed E-state index contributed by atoms with van der Waals surface area (Å²) in [6.45, 7) is 5.49. The first-order valence-corrected chi connectivity index (χ1v) is 10.9. The van der Waals surface area contributed by atoms with E-state index in [0.717, 1.165) is 28.3 Å². The van der Waals surface area contributed by atoms with Gasteiger partial charge in [-0.25, -0.2) is 9.48 Å². The van der Waals surface area contributed by atoms with Crippen molar-refractivity contribution in [3.05, 3.63) is 77.1 Å². The fourth-order valence-electron chi connectivity index (χ4n) is 3.93. The van der Waals surface area contributed by atoms with E-state index in [9.17, 15) is 9.59 Å². The van der Waals surface area contributed by atoms with Crippen LogP contribution in [0.1, 0.15) is 41.2 Å². The molecule has 1 aliphatic rings. The number of esters is 1. The molecule has 0 saturated heterocycles. The smallest absolute Gasteiger partial charge is 0.359 e. The first-order valence-electron chi connectivity index (χ1n) is 10.9. The Labute approximate surface area is 187 Å². The zero-order valence-electron chi connectivity index (χ0n) is 18.4. The Morgan fingerprint density at radius 3 is 2.44 bits per heavy atom. The third-order valence-electron chi connectivity index (χ3n) is 5.47. The Hall–Kier alpha value is -3.61. The van der Waals surface area contributed by atoms with Crippen LogP contribution in [0.25, 0.3) is 5.69 Å². The third-order valence-corrected chi connectivity index (χ3v) is 5.47. The predicted octanol–water partition coefficient (Wildman–Crippen LogP) is 3.58. The van der Waals surface area contributed by atoms with Gasteiger partial charge < -0.3 is 14.4 Å². The highest BCUT2D eigenvalue weighted by Gasteiger charge is 2.31. The molecule has 3 aromatic rings. The van der Waals surface area contributed by atoms with E-state index in [1.54, 1.807) is 16.5 Å². The monoisotopic (exact) mass is 433 g/mol. The molecule has 1 amide bonds. The Balaban J connectivity index is 1.57. The van der Waals surface area contributed by atoms with Crippen molar-refractivity contribution < 1.29 is 19.1 Å². The molecule has 0 bridgehead atoms. The largest absolute Gasteiger partial charge is 0.494 e. The van der Waals surface area contributed by atoms with Crippen LogP contribution >= 0.6 is 0 Å². The number of carbonyl (C=O) groups excluding carboxylic acids is 2. The summed E-state index contributed by atoms with van der Waals surface area (Å²) in [5.74, 6) is 0.347. The second-order valence-corrected chi connectivity index (χ2v) is 7.56. The van der Waals surface area contributed by atoms with Gasteiger partial charge in [-0.1, -0.05) is 30.3 Å². The van der Waals surface area contributed by atoms with Crippen LogP contribution in [0.15, 0.2) is 54.6 Å². The summed E-state index contributed by atoms with van der Waals surface area (Å²) in [7, 11) is 0. The van der Waals surface area contributed by atoms with Gasteiger partial charge in [-0.15, -0.1) is 0 Å². The van der Waals surface area contributed by atoms with Crippen molar-refractivity contribution in [3.63, 3.8) is 0 Å². The van der Waals surface area contributed by atoms with E-state index in [1.165, 1.54) is 0 Å². The topological polar surface area (TPSA) is 73.7 Å². The van der Waals surface area contributed by atoms with E-state index in [0.29, 0.717) is 32.5 Å². The molecule has 0 unspecified atom stereocenters. The van der Waals surface area contributed by atoms with Gasteiger partial charge in [-0.3, -0.25) is 4.79 Å². The molecule has 0 radical (unpaired) electrons. The van der Waals surface area contributed by atoms with Crippen LogP contribution < -0.4 is 4.74 Å². The average molecular weight is 434 g/mol. The summed E-state index contributed by atoms with van der Waals surface area (Å²) in [6, 6.07) is 17.3. The second-order valence-electron chi connectivity index (χ2n) is 7.56. The predicted molar refractivity (Wildman–Crippen MR) is 120 cm³/mol. The Morgan fingerprint density at radius 1 is 1.00 bits per heavy atom. The van der Waals surface area contributed by atoms with Crippen molar-refractivity contribution in [2.75, 3.05) is 19.8 Å². The molecule has 2 aromatic carbocycles. The molecule has 0 aliphatic carbocycles. The van der Waals surface area contributed by atoms with Crippen LogP contribution in [0.4, 0.5) is 0 Å². The highest BCUT2D eigenvalue weighted by Crippen LogP contribution is 2.26. The third kappa shape index (κ3) is 4.51. The molecule has 0 saturated carbocycles. The number of fused-ring (bicyclic) bond motifs is 1. The number of aromatic nitrogens is 2. The maximum absolute atomic E-state index is 13.0. The van der Waals surface area contributed by atoms with Crippen LogP contribution in [-0.2, 0) is 28.9 Å².